The summed E-state index contributed by atoms with van der Waals surface area (Å²) in [4.78, 5) is 27.1. The van der Waals surface area contributed by atoms with E-state index < -0.39 is 0 Å². The highest BCUT2D eigenvalue weighted by Crippen LogP contribution is 2.33. The molecular weight excluding hydrogens is 388 g/mol. The third-order valence-corrected chi connectivity index (χ3v) is 6.50. The van der Waals surface area contributed by atoms with E-state index >= 15 is 0 Å². The Bertz CT molecular complexity index is 963. The number of hydrogen-bond donors (Lipinski definition) is 0. The van der Waals surface area contributed by atoms with Crippen molar-refractivity contribution < 1.29 is 4.79 Å². The average molecular weight is 415 g/mol. The zero-order valence-corrected chi connectivity index (χ0v) is 17.5. The highest BCUT2D eigenvalue weighted by atomic mass is 35.5. The molecule has 0 atom stereocenters. The van der Waals surface area contributed by atoms with Crippen molar-refractivity contribution in [1.82, 2.24) is 19.2 Å². The van der Waals surface area contributed by atoms with E-state index in [4.69, 9.17) is 11.6 Å². The number of carbonyl (C=O) groups is 1. The first-order chi connectivity index (χ1) is 14.0. The highest BCUT2D eigenvalue weighted by molar-refractivity contribution is 6.32. The van der Waals surface area contributed by atoms with Gasteiger partial charge in [-0.25, -0.2) is 9.48 Å². The van der Waals surface area contributed by atoms with E-state index in [1.54, 1.807) is 19.2 Å². The van der Waals surface area contributed by atoms with Gasteiger partial charge in [0.2, 0.25) is 5.91 Å². The molecule has 7 heteroatoms. The molecule has 1 saturated heterocycles. The number of aryl methyl sites for hydroxylation is 1. The van der Waals surface area contributed by atoms with Crippen LogP contribution in [0.1, 0.15) is 61.9 Å². The maximum absolute atomic E-state index is 12.6. The van der Waals surface area contributed by atoms with E-state index in [-0.39, 0.29) is 23.6 Å². The van der Waals surface area contributed by atoms with Crippen molar-refractivity contribution in [2.45, 2.75) is 50.5 Å². The molecule has 1 aromatic heterocycles. The van der Waals surface area contributed by atoms with Crippen LogP contribution in [0.4, 0.5) is 0 Å². The molecule has 0 radical (unpaired) electrons. The smallest absolute Gasteiger partial charge is 0.339 e. The minimum Gasteiger partial charge on any atom is -0.339 e. The van der Waals surface area contributed by atoms with Crippen LogP contribution in [0.15, 0.2) is 35.1 Å². The Labute approximate surface area is 175 Å². The number of aromatic nitrogens is 3. The summed E-state index contributed by atoms with van der Waals surface area (Å²) in [5, 5.41) is 5.20. The second-order valence-electron chi connectivity index (χ2n) is 8.03. The van der Waals surface area contributed by atoms with E-state index in [1.165, 1.54) is 17.5 Å². The largest absolute Gasteiger partial charge is 0.345 e. The van der Waals surface area contributed by atoms with Gasteiger partial charge in [0.1, 0.15) is 5.82 Å². The highest BCUT2D eigenvalue weighted by Gasteiger charge is 2.31. The minimum atomic E-state index is -0.00641. The van der Waals surface area contributed by atoms with Crippen molar-refractivity contribution in [1.29, 1.82) is 0 Å². The predicted octanol–water partition coefficient (Wildman–Crippen LogP) is 3.77. The summed E-state index contributed by atoms with van der Waals surface area (Å²) in [5.41, 5.74) is 0.833. The molecule has 0 unspecified atom stereocenters. The molecule has 1 aliphatic carbocycles. The number of halogens is 1. The van der Waals surface area contributed by atoms with Crippen LogP contribution in [0, 0.1) is 0 Å². The van der Waals surface area contributed by atoms with Crippen molar-refractivity contribution in [3.05, 3.63) is 57.2 Å². The third-order valence-electron chi connectivity index (χ3n) is 6.15. The van der Waals surface area contributed by atoms with Gasteiger partial charge in [0.05, 0.1) is 0 Å². The van der Waals surface area contributed by atoms with E-state index in [2.05, 4.69) is 5.10 Å². The van der Waals surface area contributed by atoms with Gasteiger partial charge in [0.25, 0.3) is 0 Å². The summed E-state index contributed by atoms with van der Waals surface area (Å²) in [7, 11) is 1.73. The monoisotopic (exact) mass is 414 g/mol. The Balaban J connectivity index is 1.42. The Morgan fingerprint density at radius 2 is 1.83 bits per heavy atom. The lowest BCUT2D eigenvalue weighted by Crippen LogP contribution is -2.38. The van der Waals surface area contributed by atoms with Crippen LogP contribution < -0.4 is 5.69 Å². The normalized spacial score (nSPS) is 18.8. The van der Waals surface area contributed by atoms with Crippen LogP contribution in [0.3, 0.4) is 0 Å². The number of likely N-dealkylation sites (tertiary alicyclic amines) is 1. The SMILES string of the molecule is Cn1nc(C2CCN(C(=O)/C=C/c3ccccc3Cl)CC2)n(C2CCCC2)c1=O. The second-order valence-corrected chi connectivity index (χ2v) is 8.43. The van der Waals surface area contributed by atoms with Gasteiger partial charge in [-0.15, -0.1) is 0 Å². The van der Waals surface area contributed by atoms with Crippen LogP contribution in [0.5, 0.6) is 0 Å². The van der Waals surface area contributed by atoms with Gasteiger partial charge in [-0.1, -0.05) is 42.6 Å². The number of hydrogen-bond acceptors (Lipinski definition) is 3. The molecule has 2 aromatic rings. The first-order valence-corrected chi connectivity index (χ1v) is 10.8. The Morgan fingerprint density at radius 1 is 1.14 bits per heavy atom. The maximum Gasteiger partial charge on any atom is 0.345 e. The fourth-order valence-corrected chi connectivity index (χ4v) is 4.72. The van der Waals surface area contributed by atoms with Gasteiger partial charge in [-0.3, -0.25) is 9.36 Å². The summed E-state index contributed by atoms with van der Waals surface area (Å²) < 4.78 is 3.41. The molecule has 6 nitrogen and oxygen atoms in total. The van der Waals surface area contributed by atoms with Gasteiger partial charge < -0.3 is 4.90 Å². The molecule has 2 aliphatic rings. The molecule has 2 fully saturated rings. The van der Waals surface area contributed by atoms with Gasteiger partial charge in [0, 0.05) is 43.2 Å². The van der Waals surface area contributed by atoms with E-state index in [0.29, 0.717) is 18.1 Å². The number of nitrogens with zero attached hydrogens (tertiary/aromatic N) is 4. The predicted molar refractivity (Wildman–Crippen MR) is 114 cm³/mol. The molecule has 0 N–H and O–H groups in total. The van der Waals surface area contributed by atoms with E-state index in [1.807, 2.05) is 33.7 Å². The lowest BCUT2D eigenvalue weighted by atomic mass is 9.95. The van der Waals surface area contributed by atoms with Gasteiger partial charge >= 0.3 is 5.69 Å². The quantitative estimate of drug-likeness (QED) is 0.715. The van der Waals surface area contributed by atoms with Crippen molar-refractivity contribution in [3.8, 4) is 0 Å². The lowest BCUT2D eigenvalue weighted by Gasteiger charge is -2.31. The fourth-order valence-electron chi connectivity index (χ4n) is 4.52. The fraction of sp³-hybridized carbons (Fsp3) is 0.500. The molecule has 29 heavy (non-hydrogen) atoms. The number of amides is 1. The molecule has 2 heterocycles. The molecule has 0 spiro atoms. The van der Waals surface area contributed by atoms with Gasteiger partial charge in [0.15, 0.2) is 0 Å². The first kappa shape index (κ1) is 20.0. The molecule has 0 bridgehead atoms. The van der Waals surface area contributed by atoms with Crippen molar-refractivity contribution >= 4 is 23.6 Å². The number of rotatable bonds is 4. The second kappa shape index (κ2) is 8.57. The third kappa shape index (κ3) is 4.17. The summed E-state index contributed by atoms with van der Waals surface area (Å²) in [6.45, 7) is 1.34. The summed E-state index contributed by atoms with van der Waals surface area (Å²) in [5.74, 6) is 1.13. The number of carbonyl (C=O) groups excluding carboxylic acids is 1. The zero-order chi connectivity index (χ0) is 20.4. The molecule has 154 valence electrons. The zero-order valence-electron chi connectivity index (χ0n) is 16.8. The van der Waals surface area contributed by atoms with Crippen LogP contribution >= 0.6 is 11.6 Å². The van der Waals surface area contributed by atoms with Gasteiger partial charge in [-0.2, -0.15) is 5.10 Å². The van der Waals surface area contributed by atoms with E-state index in [9.17, 15) is 9.59 Å². The Hall–Kier alpha value is -2.34. The Morgan fingerprint density at radius 3 is 2.52 bits per heavy atom. The molecule has 1 aliphatic heterocycles. The van der Waals surface area contributed by atoms with Crippen molar-refractivity contribution in [2.24, 2.45) is 7.05 Å². The molecule has 1 saturated carbocycles. The molecule has 1 amide bonds. The van der Waals surface area contributed by atoms with E-state index in [0.717, 1.165) is 37.1 Å². The van der Waals surface area contributed by atoms with Crippen molar-refractivity contribution in [2.75, 3.05) is 13.1 Å². The maximum atomic E-state index is 12.6. The van der Waals surface area contributed by atoms with Crippen LogP contribution in [-0.2, 0) is 11.8 Å². The molecular formula is C22H27ClN4O2. The average Bonchev–Trinajstić information content (AvgIpc) is 3.36. The minimum absolute atomic E-state index is 0.00225. The molecule has 1 aromatic carbocycles. The standard InChI is InChI=1S/C22H27ClN4O2/c1-25-22(29)27(18-7-3-4-8-18)21(24-25)17-12-14-26(15-13-17)20(28)11-10-16-6-2-5-9-19(16)23/h2,5-6,9-11,17-18H,3-4,7-8,12-15H2,1H3/b11-10+. The first-order valence-electron chi connectivity index (χ1n) is 10.4. The summed E-state index contributed by atoms with van der Waals surface area (Å²) in [6.07, 6.45) is 9.49. The van der Waals surface area contributed by atoms with Crippen molar-refractivity contribution in [3.63, 3.8) is 0 Å². The van der Waals surface area contributed by atoms with Crippen LogP contribution in [0.25, 0.3) is 6.08 Å². The Kier molecular flexibility index (Phi) is 5.90. The summed E-state index contributed by atoms with van der Waals surface area (Å²) >= 11 is 6.15. The lowest BCUT2D eigenvalue weighted by molar-refractivity contribution is -0.127. The summed E-state index contributed by atoms with van der Waals surface area (Å²) in [6, 6.07) is 7.76. The number of benzene rings is 1. The molecule has 4 rings (SSSR count). The topological polar surface area (TPSA) is 60.1 Å². The van der Waals surface area contributed by atoms with Crippen LogP contribution in [0.2, 0.25) is 5.02 Å². The van der Waals surface area contributed by atoms with Gasteiger partial charge in [-0.05, 0) is 43.4 Å². The van der Waals surface area contributed by atoms with Crippen LogP contribution in [-0.4, -0.2) is 38.2 Å². The number of piperidine rings is 1.